The van der Waals surface area contributed by atoms with E-state index in [9.17, 15) is 22.8 Å². The van der Waals surface area contributed by atoms with Crippen LogP contribution in [0.25, 0.3) is 10.2 Å². The number of esters is 1. The van der Waals surface area contributed by atoms with Gasteiger partial charge in [-0.1, -0.05) is 23.5 Å². The Morgan fingerprint density at radius 1 is 1.36 bits per heavy atom. The quantitative estimate of drug-likeness (QED) is 0.811. The molecule has 2 N–H and O–H groups in total. The molecule has 132 valence electrons. The topological polar surface area (TPSA) is 80.3 Å². The zero-order valence-corrected chi connectivity index (χ0v) is 13.8. The first-order valence-corrected chi connectivity index (χ1v) is 7.84. The summed E-state index contributed by atoms with van der Waals surface area (Å²) in [6, 6.07) is 6.73. The fourth-order valence-corrected chi connectivity index (χ4v) is 3.60. The molecule has 2 aromatic rings. The highest BCUT2D eigenvalue weighted by Crippen LogP contribution is 2.44. The number of amides is 1. The predicted molar refractivity (Wildman–Crippen MR) is 84.9 cm³/mol. The Hall–Kier alpha value is -2.62. The Morgan fingerprint density at radius 2 is 2.04 bits per heavy atom. The van der Waals surface area contributed by atoms with Crippen molar-refractivity contribution in [2.24, 2.45) is 0 Å². The second-order valence-corrected chi connectivity index (χ2v) is 6.34. The molecule has 1 aromatic carbocycles. The van der Waals surface area contributed by atoms with Crippen LogP contribution in [-0.2, 0) is 14.3 Å². The van der Waals surface area contributed by atoms with Crippen LogP contribution in [0.4, 0.5) is 18.3 Å². The number of alkyl halides is 3. The van der Waals surface area contributed by atoms with E-state index < -0.39 is 29.2 Å². The molecule has 10 heteroatoms. The number of thiazole rings is 1. The number of carbonyl (C=O) groups is 2. The minimum Gasteiger partial charge on any atom is -0.466 e. The third kappa shape index (κ3) is 2.53. The van der Waals surface area contributed by atoms with Gasteiger partial charge in [0.25, 0.3) is 5.91 Å². The number of methoxy groups -OCH3 is 1. The standard InChI is InChI=1S/C15H12F3N3O3S/c1-7-10(11(22)24-2)14(12(23)19-7,15(16,17)18)21-13-20-8-5-3-4-6-9(8)25-13/h3-6H,1-2H3,(H,19,23)(H,20,21). The van der Waals surface area contributed by atoms with E-state index in [1.165, 1.54) is 6.92 Å². The normalized spacial score (nSPS) is 20.8. The number of nitrogens with one attached hydrogen (secondary N) is 2. The van der Waals surface area contributed by atoms with Gasteiger partial charge in [-0.25, -0.2) is 9.78 Å². The lowest BCUT2D eigenvalue weighted by atomic mass is 9.89. The van der Waals surface area contributed by atoms with Crippen LogP contribution in [0.1, 0.15) is 6.92 Å². The highest BCUT2D eigenvalue weighted by molar-refractivity contribution is 7.22. The predicted octanol–water partition coefficient (Wildman–Crippen LogP) is 2.59. The summed E-state index contributed by atoms with van der Waals surface area (Å²) < 4.78 is 46.9. The van der Waals surface area contributed by atoms with Crippen molar-refractivity contribution in [2.75, 3.05) is 12.4 Å². The van der Waals surface area contributed by atoms with Crippen LogP contribution >= 0.6 is 11.3 Å². The SMILES string of the molecule is COC(=O)C1=C(C)NC(=O)C1(Nc1nc2ccccc2s1)C(F)(F)F. The fourth-order valence-electron chi connectivity index (χ4n) is 2.68. The first kappa shape index (κ1) is 17.2. The Balaban J connectivity index is 2.16. The molecule has 1 aliphatic rings. The number of halogens is 3. The van der Waals surface area contributed by atoms with E-state index in [-0.39, 0.29) is 10.8 Å². The van der Waals surface area contributed by atoms with Gasteiger partial charge < -0.3 is 15.4 Å². The van der Waals surface area contributed by atoms with Gasteiger partial charge in [0.1, 0.15) is 5.57 Å². The molecule has 25 heavy (non-hydrogen) atoms. The Kier molecular flexibility index (Phi) is 3.94. The fraction of sp³-hybridized carbons (Fsp3) is 0.267. The van der Waals surface area contributed by atoms with Gasteiger partial charge in [-0.2, -0.15) is 13.2 Å². The Bertz CT molecular complexity index is 873. The number of fused-ring (bicyclic) bond motifs is 1. The van der Waals surface area contributed by atoms with Crippen molar-refractivity contribution in [2.45, 2.75) is 18.6 Å². The van der Waals surface area contributed by atoms with Crippen LogP contribution in [0.2, 0.25) is 0 Å². The third-order valence-corrected chi connectivity index (χ3v) is 4.75. The van der Waals surface area contributed by atoms with E-state index in [1.54, 1.807) is 24.3 Å². The summed E-state index contributed by atoms with van der Waals surface area (Å²) in [4.78, 5) is 28.3. The minimum atomic E-state index is -5.10. The highest BCUT2D eigenvalue weighted by Gasteiger charge is 2.68. The number of benzene rings is 1. The number of hydrogen-bond donors (Lipinski definition) is 2. The highest BCUT2D eigenvalue weighted by atomic mass is 32.1. The molecule has 6 nitrogen and oxygen atoms in total. The first-order valence-electron chi connectivity index (χ1n) is 7.02. The lowest BCUT2D eigenvalue weighted by Gasteiger charge is -2.31. The van der Waals surface area contributed by atoms with E-state index in [0.29, 0.717) is 10.2 Å². The number of anilines is 1. The van der Waals surface area contributed by atoms with Gasteiger partial charge >= 0.3 is 12.1 Å². The third-order valence-electron chi connectivity index (χ3n) is 3.79. The van der Waals surface area contributed by atoms with Crippen LogP contribution in [0.15, 0.2) is 35.5 Å². The van der Waals surface area contributed by atoms with Gasteiger partial charge in [0, 0.05) is 5.70 Å². The number of rotatable bonds is 3. The number of ether oxygens (including phenoxy) is 1. The second kappa shape index (κ2) is 5.73. The van der Waals surface area contributed by atoms with Crippen molar-refractivity contribution in [3.63, 3.8) is 0 Å². The molecule has 1 aromatic heterocycles. The molecule has 1 atom stereocenters. The molecule has 1 amide bonds. The smallest absolute Gasteiger partial charge is 0.425 e. The Labute approximate surface area is 143 Å². The lowest BCUT2D eigenvalue weighted by Crippen LogP contribution is -2.60. The van der Waals surface area contributed by atoms with Crippen LogP contribution in [0.3, 0.4) is 0 Å². The summed E-state index contributed by atoms with van der Waals surface area (Å²) in [5, 5.41) is 4.07. The zero-order valence-electron chi connectivity index (χ0n) is 13.0. The van der Waals surface area contributed by atoms with Crippen molar-refractivity contribution in [1.82, 2.24) is 10.3 Å². The molecule has 0 radical (unpaired) electrons. The van der Waals surface area contributed by atoms with Crippen molar-refractivity contribution in [3.8, 4) is 0 Å². The first-order chi connectivity index (χ1) is 11.7. The maximum absolute atomic E-state index is 13.9. The molecular weight excluding hydrogens is 359 g/mol. The molecule has 1 aliphatic heterocycles. The van der Waals surface area contributed by atoms with Crippen molar-refractivity contribution in [1.29, 1.82) is 0 Å². The minimum absolute atomic E-state index is 0.134. The van der Waals surface area contributed by atoms with E-state index in [1.807, 2.05) is 0 Å². The molecule has 0 saturated heterocycles. The van der Waals surface area contributed by atoms with Crippen molar-refractivity contribution < 1.29 is 27.5 Å². The summed E-state index contributed by atoms with van der Waals surface area (Å²) in [5.41, 5.74) is -3.83. The van der Waals surface area contributed by atoms with Gasteiger partial charge in [0.15, 0.2) is 5.13 Å². The van der Waals surface area contributed by atoms with E-state index >= 15 is 0 Å². The number of hydrogen-bond acceptors (Lipinski definition) is 6. The van der Waals surface area contributed by atoms with Crippen LogP contribution < -0.4 is 10.6 Å². The number of allylic oxidation sites excluding steroid dienone is 1. The van der Waals surface area contributed by atoms with Gasteiger partial charge in [-0.15, -0.1) is 0 Å². The molecule has 0 spiro atoms. The van der Waals surface area contributed by atoms with Crippen LogP contribution in [0, 0.1) is 0 Å². The average molecular weight is 371 g/mol. The molecule has 0 aliphatic carbocycles. The summed E-state index contributed by atoms with van der Waals surface area (Å²) in [5.74, 6) is -2.65. The molecule has 2 heterocycles. The number of aromatic nitrogens is 1. The summed E-state index contributed by atoms with van der Waals surface area (Å²) >= 11 is 0.946. The van der Waals surface area contributed by atoms with E-state index in [0.717, 1.165) is 18.4 Å². The summed E-state index contributed by atoms with van der Waals surface area (Å²) in [6.45, 7) is 1.21. The van der Waals surface area contributed by atoms with Crippen molar-refractivity contribution >= 4 is 38.6 Å². The molecule has 3 rings (SSSR count). The lowest BCUT2D eigenvalue weighted by molar-refractivity contribution is -0.178. The molecule has 0 bridgehead atoms. The van der Waals surface area contributed by atoms with Crippen molar-refractivity contribution in [3.05, 3.63) is 35.5 Å². The molecule has 0 saturated carbocycles. The second-order valence-electron chi connectivity index (χ2n) is 5.31. The average Bonchev–Trinajstić information content (AvgIpc) is 3.05. The number of para-hydroxylation sites is 1. The molecule has 0 fully saturated rings. The summed E-state index contributed by atoms with van der Waals surface area (Å²) in [6.07, 6.45) is -5.10. The van der Waals surface area contributed by atoms with E-state index in [4.69, 9.17) is 0 Å². The van der Waals surface area contributed by atoms with Gasteiger partial charge in [-0.3, -0.25) is 4.79 Å². The van der Waals surface area contributed by atoms with E-state index in [2.05, 4.69) is 20.4 Å². The molecular formula is C15H12F3N3O3S. The van der Waals surface area contributed by atoms with Crippen LogP contribution in [-0.4, -0.2) is 35.7 Å². The monoisotopic (exact) mass is 371 g/mol. The largest absolute Gasteiger partial charge is 0.466 e. The maximum Gasteiger partial charge on any atom is 0.425 e. The number of carbonyl (C=O) groups excluding carboxylic acids is 2. The zero-order chi connectivity index (χ0) is 18.4. The summed E-state index contributed by atoms with van der Waals surface area (Å²) in [7, 11) is 0.949. The Morgan fingerprint density at radius 3 is 2.64 bits per heavy atom. The number of nitrogens with zero attached hydrogens (tertiary/aromatic N) is 1. The van der Waals surface area contributed by atoms with Crippen LogP contribution in [0.5, 0.6) is 0 Å². The maximum atomic E-state index is 13.9. The van der Waals surface area contributed by atoms with Gasteiger partial charge in [-0.05, 0) is 19.1 Å². The van der Waals surface area contributed by atoms with Gasteiger partial charge in [0.2, 0.25) is 5.54 Å². The molecule has 1 unspecified atom stereocenters. The van der Waals surface area contributed by atoms with Gasteiger partial charge in [0.05, 0.1) is 17.3 Å².